The minimum Gasteiger partial charge on any atom is -0.501 e. The van der Waals surface area contributed by atoms with Crippen LogP contribution in [0.3, 0.4) is 0 Å². The van der Waals surface area contributed by atoms with E-state index in [0.29, 0.717) is 23.1 Å². The van der Waals surface area contributed by atoms with E-state index in [1.807, 2.05) is 0 Å². The second-order valence-corrected chi connectivity index (χ2v) is 9.82. The van der Waals surface area contributed by atoms with Crippen molar-refractivity contribution < 1.29 is 27.9 Å². The zero-order valence-electron chi connectivity index (χ0n) is 21.4. The van der Waals surface area contributed by atoms with Gasteiger partial charge in [-0.05, 0) is 60.7 Å². The third-order valence-electron chi connectivity index (χ3n) is 5.44. The maximum atomic E-state index is 11.2. The second-order valence-electron chi connectivity index (χ2n) is 8.40. The fourth-order valence-corrected chi connectivity index (χ4v) is 3.78. The quantitative estimate of drug-likeness (QED) is 0.0503. The molecule has 0 aromatic heterocycles. The lowest BCUT2D eigenvalue weighted by Crippen LogP contribution is -1.96. The van der Waals surface area contributed by atoms with Crippen molar-refractivity contribution in [1.82, 2.24) is 0 Å². The van der Waals surface area contributed by atoms with E-state index < -0.39 is 42.8 Å². The lowest BCUT2D eigenvalue weighted by Gasteiger charge is -2.05. The van der Waals surface area contributed by atoms with Crippen molar-refractivity contribution in [3.05, 3.63) is 93.0 Å². The van der Waals surface area contributed by atoms with Crippen LogP contribution in [-0.4, -0.2) is 27.9 Å². The van der Waals surface area contributed by atoms with Crippen molar-refractivity contribution in [3.8, 4) is 5.75 Å². The van der Waals surface area contributed by atoms with Crippen LogP contribution in [0.1, 0.15) is 0 Å². The topological polar surface area (TPSA) is 287 Å². The lowest BCUT2D eigenvalue weighted by molar-refractivity contribution is -0.394. The Morgan fingerprint density at radius 2 is 1.07 bits per heavy atom. The number of hydrogen-bond donors (Lipinski definition) is 4. The summed E-state index contributed by atoms with van der Waals surface area (Å²) in [5, 5.41) is 56.1. The molecule has 0 fully saturated rings. The molecule has 0 spiro atoms. The summed E-state index contributed by atoms with van der Waals surface area (Å²) in [5.41, 5.74) is 11.2. The van der Waals surface area contributed by atoms with Crippen molar-refractivity contribution in [2.45, 2.75) is 4.90 Å². The van der Waals surface area contributed by atoms with Gasteiger partial charge < -0.3 is 16.6 Å². The van der Waals surface area contributed by atoms with Crippen LogP contribution in [0.5, 0.6) is 5.75 Å². The van der Waals surface area contributed by atoms with E-state index in [0.717, 1.165) is 6.07 Å². The molecule has 0 amide bonds. The Kier molecular flexibility index (Phi) is 8.39. The summed E-state index contributed by atoms with van der Waals surface area (Å²) in [6.07, 6.45) is 0. The van der Waals surface area contributed by atoms with E-state index in [2.05, 4.69) is 30.7 Å². The molecular weight excluding hydrogens is 588 g/mol. The number of hydrogen-bond acceptors (Lipinski definition) is 15. The van der Waals surface area contributed by atoms with Crippen molar-refractivity contribution in [2.75, 3.05) is 11.5 Å². The van der Waals surface area contributed by atoms with Crippen molar-refractivity contribution in [3.63, 3.8) is 0 Å². The number of anilines is 2. The molecule has 43 heavy (non-hydrogen) atoms. The lowest BCUT2D eigenvalue weighted by atomic mass is 10.2. The first-order valence-corrected chi connectivity index (χ1v) is 13.0. The molecule has 0 aliphatic rings. The highest BCUT2D eigenvalue weighted by Crippen LogP contribution is 2.41. The first-order chi connectivity index (χ1) is 20.3. The number of phenolic OH excluding ortho intramolecular Hbond substituents is 1. The molecule has 0 aliphatic heterocycles. The summed E-state index contributed by atoms with van der Waals surface area (Å²) in [4.78, 5) is 20.1. The number of non-ortho nitro benzene ring substituents is 1. The molecule has 18 nitrogen and oxygen atoms in total. The molecule has 218 valence electrons. The van der Waals surface area contributed by atoms with Gasteiger partial charge in [0.15, 0.2) is 0 Å². The predicted octanol–water partition coefficient (Wildman–Crippen LogP) is 6.87. The van der Waals surface area contributed by atoms with Gasteiger partial charge in [0.25, 0.3) is 15.8 Å². The third kappa shape index (κ3) is 7.31. The van der Waals surface area contributed by atoms with Crippen LogP contribution >= 0.6 is 0 Å². The number of nitrogen functional groups attached to an aromatic ring is 2. The molecule has 0 unspecified atom stereocenters. The highest BCUT2D eigenvalue weighted by molar-refractivity contribution is 7.85. The Morgan fingerprint density at radius 3 is 1.53 bits per heavy atom. The Bertz CT molecular complexity index is 1930. The van der Waals surface area contributed by atoms with Gasteiger partial charge in [-0.3, -0.25) is 24.8 Å². The Morgan fingerprint density at radius 1 is 0.628 bits per heavy atom. The molecule has 0 bridgehead atoms. The van der Waals surface area contributed by atoms with Gasteiger partial charge in [0, 0.05) is 6.07 Å². The minimum atomic E-state index is -4.31. The molecule has 19 heteroatoms. The number of rotatable bonds is 9. The van der Waals surface area contributed by atoms with Gasteiger partial charge in [-0.2, -0.15) is 23.8 Å². The maximum Gasteiger partial charge on any atom is 0.319 e. The molecule has 0 radical (unpaired) electrons. The van der Waals surface area contributed by atoms with Crippen molar-refractivity contribution >= 4 is 67.0 Å². The Hall–Kier alpha value is -6.21. The number of nitro benzene ring substituents is 2. The molecular formula is C24H18N10O8S. The minimum absolute atomic E-state index is 0.0166. The SMILES string of the molecule is Nc1cc(N)c(N=Nc2cc([N+](=O)[O-])cc([N+](=O)[O-])c2O)cc1N=Nc1ccc(N=Nc2ccc(S(=O)(=O)O)cc2)cc1. The average Bonchev–Trinajstić information content (AvgIpc) is 2.95. The Balaban J connectivity index is 1.52. The monoisotopic (exact) mass is 606 g/mol. The fourth-order valence-electron chi connectivity index (χ4n) is 3.30. The van der Waals surface area contributed by atoms with Crippen LogP contribution in [0, 0.1) is 20.2 Å². The largest absolute Gasteiger partial charge is 0.501 e. The van der Waals surface area contributed by atoms with Gasteiger partial charge in [-0.15, -0.1) is 15.3 Å². The molecule has 0 saturated carbocycles. The van der Waals surface area contributed by atoms with Crippen LogP contribution in [0.4, 0.5) is 56.9 Å². The molecule has 0 atom stereocenters. The molecule has 0 aliphatic carbocycles. The number of nitrogens with two attached hydrogens (primary N) is 2. The molecule has 4 aromatic carbocycles. The summed E-state index contributed by atoms with van der Waals surface area (Å²) in [6.45, 7) is 0. The standard InChI is InChI=1S/C24H18N10O8S/c25-18-11-19(26)21(31-32-22-9-16(33(36)37)10-23(24(22)35)34(38)39)12-20(18)30-29-14-3-1-13(2-4-14)27-28-15-5-7-17(8-6-15)43(40,41)42/h1-12,35H,25-26H2,(H,40,41,42). The average molecular weight is 607 g/mol. The third-order valence-corrected chi connectivity index (χ3v) is 6.31. The molecule has 0 saturated heterocycles. The number of azo groups is 3. The van der Waals surface area contributed by atoms with Crippen molar-refractivity contribution in [1.29, 1.82) is 0 Å². The number of nitro groups is 2. The molecule has 4 rings (SSSR count). The predicted molar refractivity (Wildman–Crippen MR) is 152 cm³/mol. The second kappa shape index (κ2) is 12.1. The van der Waals surface area contributed by atoms with E-state index in [9.17, 15) is 33.8 Å². The highest BCUT2D eigenvalue weighted by Gasteiger charge is 2.24. The summed E-state index contributed by atoms with van der Waals surface area (Å²) < 4.78 is 31.3. The van der Waals surface area contributed by atoms with Gasteiger partial charge in [0.2, 0.25) is 5.75 Å². The van der Waals surface area contributed by atoms with E-state index in [4.69, 9.17) is 16.0 Å². The highest BCUT2D eigenvalue weighted by atomic mass is 32.2. The van der Waals surface area contributed by atoms with Crippen LogP contribution in [0.2, 0.25) is 0 Å². The number of phenols is 1. The maximum absolute atomic E-state index is 11.2. The van der Waals surface area contributed by atoms with Gasteiger partial charge >= 0.3 is 5.69 Å². The fraction of sp³-hybridized carbons (Fsp3) is 0. The van der Waals surface area contributed by atoms with Crippen LogP contribution in [0.25, 0.3) is 0 Å². The van der Waals surface area contributed by atoms with Crippen LogP contribution in [-0.2, 0) is 10.1 Å². The normalized spacial score (nSPS) is 11.9. The van der Waals surface area contributed by atoms with Crippen molar-refractivity contribution in [2.24, 2.45) is 30.7 Å². The van der Waals surface area contributed by atoms with Crippen LogP contribution in [0.15, 0.2) is 108 Å². The Labute approximate surface area is 240 Å². The zero-order valence-corrected chi connectivity index (χ0v) is 22.2. The summed E-state index contributed by atoms with van der Waals surface area (Å²) in [6, 6.07) is 15.4. The summed E-state index contributed by atoms with van der Waals surface area (Å²) in [7, 11) is -4.31. The van der Waals surface area contributed by atoms with Gasteiger partial charge in [0.1, 0.15) is 17.1 Å². The van der Waals surface area contributed by atoms with Gasteiger partial charge in [-0.1, -0.05) is 0 Å². The number of aromatic hydroxyl groups is 1. The van der Waals surface area contributed by atoms with Gasteiger partial charge in [0.05, 0.1) is 49.2 Å². The number of benzene rings is 4. The van der Waals surface area contributed by atoms with E-state index in [1.165, 1.54) is 36.4 Å². The smallest absolute Gasteiger partial charge is 0.319 e. The summed E-state index contributed by atoms with van der Waals surface area (Å²) >= 11 is 0. The molecule has 0 heterocycles. The van der Waals surface area contributed by atoms with Crippen LogP contribution < -0.4 is 11.5 Å². The number of nitrogens with zero attached hydrogens (tertiary/aromatic N) is 8. The zero-order chi connectivity index (χ0) is 31.3. The molecule has 4 aromatic rings. The summed E-state index contributed by atoms with van der Waals surface area (Å²) in [5.74, 6) is -0.925. The van der Waals surface area contributed by atoms with E-state index >= 15 is 0 Å². The first-order valence-electron chi connectivity index (χ1n) is 11.6. The van der Waals surface area contributed by atoms with Gasteiger partial charge in [-0.25, -0.2) is 0 Å². The van der Waals surface area contributed by atoms with E-state index in [1.54, 1.807) is 24.3 Å². The first kappa shape index (κ1) is 29.8. The van der Waals surface area contributed by atoms with E-state index in [-0.39, 0.29) is 27.6 Å². The molecule has 6 N–H and O–H groups in total.